The van der Waals surface area contributed by atoms with Crippen molar-refractivity contribution in [3.8, 4) is 44.5 Å². The lowest BCUT2D eigenvalue weighted by atomic mass is 9.79. The summed E-state index contributed by atoms with van der Waals surface area (Å²) in [6.45, 7) is 9.52. The summed E-state index contributed by atoms with van der Waals surface area (Å²) >= 11 is 0. The van der Waals surface area contributed by atoms with Crippen molar-refractivity contribution >= 4 is 54.3 Å². The van der Waals surface area contributed by atoms with Crippen LogP contribution in [0.5, 0.6) is 0 Å². The molecule has 0 spiro atoms. The van der Waals surface area contributed by atoms with Gasteiger partial charge in [-0.05, 0) is 101 Å². The van der Waals surface area contributed by atoms with Gasteiger partial charge < -0.3 is 4.42 Å². The summed E-state index contributed by atoms with van der Waals surface area (Å²) in [7, 11) is 0. The molecular weight excluding hydrogens is 665 g/mol. The van der Waals surface area contributed by atoms with Crippen LogP contribution < -0.4 is 0 Å². The third-order valence-corrected chi connectivity index (χ3v) is 13.2. The number of benzene rings is 9. The highest BCUT2D eigenvalue weighted by Gasteiger charge is 2.39. The van der Waals surface area contributed by atoms with Crippen molar-refractivity contribution in [2.45, 2.75) is 38.5 Å². The Bertz CT molecular complexity index is 3260. The third kappa shape index (κ3) is 3.93. The molecule has 0 unspecified atom stereocenters. The van der Waals surface area contributed by atoms with Gasteiger partial charge >= 0.3 is 0 Å². The minimum Gasteiger partial charge on any atom is -0.455 e. The van der Waals surface area contributed by atoms with Crippen LogP contribution in [0, 0.1) is 0 Å². The average Bonchev–Trinajstić information content (AvgIpc) is 3.80. The number of hydrogen-bond donors (Lipinski definition) is 0. The predicted molar refractivity (Wildman–Crippen MR) is 232 cm³/mol. The van der Waals surface area contributed by atoms with Gasteiger partial charge in [0.2, 0.25) is 0 Å². The van der Waals surface area contributed by atoms with E-state index in [-0.39, 0.29) is 10.8 Å². The van der Waals surface area contributed by atoms with Crippen LogP contribution in [-0.2, 0) is 10.8 Å². The Morgan fingerprint density at radius 3 is 1.60 bits per heavy atom. The van der Waals surface area contributed by atoms with E-state index in [1.165, 1.54) is 98.9 Å². The first-order chi connectivity index (χ1) is 26.8. The minimum atomic E-state index is -0.185. The molecule has 1 heterocycles. The number of fused-ring (bicyclic) bond motifs is 14. The molecule has 2 aliphatic carbocycles. The second-order valence-corrected chi connectivity index (χ2v) is 16.8. The Hall–Kier alpha value is -6.44. The summed E-state index contributed by atoms with van der Waals surface area (Å²) in [5.41, 5.74) is 17.4. The van der Waals surface area contributed by atoms with E-state index in [1.807, 2.05) is 0 Å². The van der Waals surface area contributed by atoms with E-state index in [4.69, 9.17) is 4.42 Å². The molecule has 0 atom stereocenters. The fourth-order valence-corrected chi connectivity index (χ4v) is 10.6. The highest BCUT2D eigenvalue weighted by molar-refractivity contribution is 6.28. The molecule has 1 aromatic heterocycles. The van der Waals surface area contributed by atoms with Crippen LogP contribution in [0.1, 0.15) is 49.9 Å². The SMILES string of the molecule is CC1(C)c2ccccc2-c2ccc(-c3c4ccccc4c(-c4cc5c(c6c4oc4c7ccccc7ccc46)-c4ccccc4C5(C)C)c4ccccc34)cc21. The van der Waals surface area contributed by atoms with Crippen molar-refractivity contribution < 1.29 is 4.42 Å². The maximum Gasteiger partial charge on any atom is 0.143 e. The van der Waals surface area contributed by atoms with E-state index in [0.717, 1.165) is 22.1 Å². The molecule has 9 aromatic carbocycles. The molecule has 0 aliphatic heterocycles. The lowest BCUT2D eigenvalue weighted by Gasteiger charge is -2.24. The van der Waals surface area contributed by atoms with Gasteiger partial charge in [-0.15, -0.1) is 0 Å². The normalized spacial score (nSPS) is 14.8. The second kappa shape index (κ2) is 10.6. The van der Waals surface area contributed by atoms with Crippen LogP contribution in [0.25, 0.3) is 98.8 Å². The largest absolute Gasteiger partial charge is 0.455 e. The van der Waals surface area contributed by atoms with Gasteiger partial charge in [-0.3, -0.25) is 0 Å². The van der Waals surface area contributed by atoms with Crippen molar-refractivity contribution in [3.05, 3.63) is 180 Å². The van der Waals surface area contributed by atoms with E-state index in [0.29, 0.717) is 0 Å². The van der Waals surface area contributed by atoms with Crippen molar-refractivity contribution in [1.82, 2.24) is 0 Å². The summed E-state index contributed by atoms with van der Waals surface area (Å²) in [5, 5.41) is 9.69. The Labute approximate surface area is 320 Å². The summed E-state index contributed by atoms with van der Waals surface area (Å²) < 4.78 is 7.28. The molecule has 55 heavy (non-hydrogen) atoms. The van der Waals surface area contributed by atoms with Crippen LogP contribution in [-0.4, -0.2) is 0 Å². The van der Waals surface area contributed by atoms with Gasteiger partial charge in [0, 0.05) is 38.1 Å². The van der Waals surface area contributed by atoms with Crippen LogP contribution in [0.15, 0.2) is 162 Å². The molecule has 0 amide bonds. The van der Waals surface area contributed by atoms with Crippen LogP contribution in [0.2, 0.25) is 0 Å². The molecular formula is C54H38O. The van der Waals surface area contributed by atoms with Crippen molar-refractivity contribution in [3.63, 3.8) is 0 Å². The fourth-order valence-electron chi connectivity index (χ4n) is 10.6. The monoisotopic (exact) mass is 702 g/mol. The third-order valence-electron chi connectivity index (χ3n) is 13.2. The van der Waals surface area contributed by atoms with Crippen LogP contribution in [0.4, 0.5) is 0 Å². The topological polar surface area (TPSA) is 13.1 Å². The molecule has 0 bridgehead atoms. The summed E-state index contributed by atoms with van der Waals surface area (Å²) in [6.07, 6.45) is 0. The highest BCUT2D eigenvalue weighted by atomic mass is 16.3. The molecule has 0 radical (unpaired) electrons. The van der Waals surface area contributed by atoms with E-state index >= 15 is 0 Å². The van der Waals surface area contributed by atoms with Crippen LogP contribution >= 0.6 is 0 Å². The molecule has 10 aromatic rings. The zero-order chi connectivity index (χ0) is 36.8. The van der Waals surface area contributed by atoms with Crippen molar-refractivity contribution in [2.75, 3.05) is 0 Å². The Balaban J connectivity index is 1.22. The van der Waals surface area contributed by atoms with Gasteiger partial charge in [-0.1, -0.05) is 167 Å². The average molecular weight is 703 g/mol. The summed E-state index contributed by atoms with van der Waals surface area (Å²) in [6, 6.07) is 58.8. The smallest absolute Gasteiger partial charge is 0.143 e. The van der Waals surface area contributed by atoms with Gasteiger partial charge in [0.15, 0.2) is 0 Å². The Kier molecular flexibility index (Phi) is 5.98. The van der Waals surface area contributed by atoms with Gasteiger partial charge in [-0.2, -0.15) is 0 Å². The van der Waals surface area contributed by atoms with Gasteiger partial charge in [0.25, 0.3) is 0 Å². The predicted octanol–water partition coefficient (Wildman–Crippen LogP) is 15.0. The van der Waals surface area contributed by atoms with E-state index in [1.54, 1.807) is 0 Å². The molecule has 0 N–H and O–H groups in total. The first-order valence-corrected chi connectivity index (χ1v) is 19.5. The number of rotatable bonds is 2. The summed E-state index contributed by atoms with van der Waals surface area (Å²) in [4.78, 5) is 0. The van der Waals surface area contributed by atoms with Gasteiger partial charge in [0.1, 0.15) is 11.2 Å². The Morgan fingerprint density at radius 1 is 0.345 bits per heavy atom. The lowest BCUT2D eigenvalue weighted by Crippen LogP contribution is -2.15. The van der Waals surface area contributed by atoms with E-state index in [2.05, 4.69) is 185 Å². The number of hydrogen-bond acceptors (Lipinski definition) is 1. The molecule has 2 aliphatic rings. The standard InChI is InChI=1S/C54H38O/c1-53(2)43-23-13-11-17-34(43)35-27-26-32(29-45(35)53)47-36-18-7-9-20-38(36)48(39-21-10-8-19-37(39)47)42-30-46-49(40-22-12-14-24-44(40)54(46,3)4)50-41-28-25-31-15-5-6-16-33(31)51(41)55-52(42)50/h5-30H,1-4H3. The van der Waals surface area contributed by atoms with Gasteiger partial charge in [-0.25, -0.2) is 0 Å². The first kappa shape index (κ1) is 31.0. The molecule has 12 rings (SSSR count). The quantitative estimate of drug-likeness (QED) is 0.163. The molecule has 0 fully saturated rings. The minimum absolute atomic E-state index is 0.0840. The zero-order valence-corrected chi connectivity index (χ0v) is 31.4. The summed E-state index contributed by atoms with van der Waals surface area (Å²) in [5.74, 6) is 0. The second-order valence-electron chi connectivity index (χ2n) is 16.8. The fraction of sp³-hybridized carbons (Fsp3) is 0.111. The van der Waals surface area contributed by atoms with E-state index < -0.39 is 0 Å². The maximum absolute atomic E-state index is 7.28. The highest BCUT2D eigenvalue weighted by Crippen LogP contribution is 2.57. The molecule has 260 valence electrons. The van der Waals surface area contributed by atoms with Crippen molar-refractivity contribution in [1.29, 1.82) is 0 Å². The van der Waals surface area contributed by atoms with Gasteiger partial charge in [0.05, 0.1) is 0 Å². The molecule has 0 saturated heterocycles. The zero-order valence-electron chi connectivity index (χ0n) is 31.4. The first-order valence-electron chi connectivity index (χ1n) is 19.5. The van der Waals surface area contributed by atoms with E-state index in [9.17, 15) is 0 Å². The Morgan fingerprint density at radius 2 is 0.891 bits per heavy atom. The molecule has 0 saturated carbocycles. The maximum atomic E-state index is 7.28. The van der Waals surface area contributed by atoms with Crippen LogP contribution in [0.3, 0.4) is 0 Å². The molecule has 1 nitrogen and oxygen atoms in total. The lowest BCUT2D eigenvalue weighted by molar-refractivity contribution is 0.658. The molecule has 1 heteroatoms. The van der Waals surface area contributed by atoms with Crippen molar-refractivity contribution in [2.24, 2.45) is 0 Å². The number of furan rings is 1.